The molecular formula is C37H65NO13. The number of hydrogen-bond donors (Lipinski definition) is 5. The number of fused-ring (bicyclic) bond motifs is 4. The van der Waals surface area contributed by atoms with E-state index in [2.05, 4.69) is 12.2 Å². The van der Waals surface area contributed by atoms with Gasteiger partial charge in [-0.05, 0) is 59.8 Å². The summed E-state index contributed by atoms with van der Waals surface area (Å²) in [5.41, 5.74) is -3.43. The predicted molar refractivity (Wildman–Crippen MR) is 183 cm³/mol. The SMILES string of the molecule is CC[C@H]1O[C@]2(O)O[C@H]([C@@H](C)C3O[C@@](C)(C[C@@H]3C)[C@H](O[C@@H]3O[C@H](C)CC(NC(C)=O)C3O)[C@@H](C)[C@H](O[C@H]3CC(C)(OC)[C@@H](O)C(C)O3)[C@H]2C)[C@]1(C)O. The fourth-order valence-corrected chi connectivity index (χ4v) is 9.78. The molecule has 5 saturated heterocycles. The Balaban J connectivity index is 1.62. The first-order chi connectivity index (χ1) is 23.6. The minimum absolute atomic E-state index is 0.0235. The Hall–Kier alpha value is -1.01. The van der Waals surface area contributed by atoms with Crippen molar-refractivity contribution in [2.24, 2.45) is 23.7 Å². The van der Waals surface area contributed by atoms with Gasteiger partial charge in [-0.25, -0.2) is 0 Å². The van der Waals surface area contributed by atoms with E-state index in [0.717, 1.165) is 0 Å². The van der Waals surface area contributed by atoms with Gasteiger partial charge in [0, 0.05) is 32.3 Å². The summed E-state index contributed by atoms with van der Waals surface area (Å²) in [5.74, 6) is -4.41. The highest BCUT2D eigenvalue weighted by Crippen LogP contribution is 2.52. The number of amides is 1. The molecule has 5 N–H and O–H groups in total. The Morgan fingerprint density at radius 2 is 1.59 bits per heavy atom. The van der Waals surface area contributed by atoms with Crippen molar-refractivity contribution in [3.63, 3.8) is 0 Å². The Kier molecular flexibility index (Phi) is 12.0. The molecule has 51 heavy (non-hydrogen) atoms. The van der Waals surface area contributed by atoms with E-state index in [1.807, 2.05) is 34.6 Å². The summed E-state index contributed by atoms with van der Waals surface area (Å²) in [6.07, 6.45) is -7.37. The summed E-state index contributed by atoms with van der Waals surface area (Å²) in [5, 5.41) is 49.8. The summed E-state index contributed by atoms with van der Waals surface area (Å²) in [6, 6.07) is -0.602. The summed E-state index contributed by atoms with van der Waals surface area (Å²) in [7, 11) is 1.53. The number of rotatable bonds is 7. The molecule has 0 aromatic rings. The number of nitrogens with one attached hydrogen (secondary N) is 1. The monoisotopic (exact) mass is 731 g/mol. The van der Waals surface area contributed by atoms with Crippen molar-refractivity contribution in [1.29, 1.82) is 0 Å². The number of carbonyl (C=O) groups is 1. The van der Waals surface area contributed by atoms with E-state index in [9.17, 15) is 25.2 Å². The first-order valence-electron chi connectivity index (χ1n) is 18.9. The van der Waals surface area contributed by atoms with E-state index in [0.29, 0.717) is 19.3 Å². The van der Waals surface area contributed by atoms with Gasteiger partial charge in [0.15, 0.2) is 12.6 Å². The highest BCUT2D eigenvalue weighted by atomic mass is 16.8. The van der Waals surface area contributed by atoms with Gasteiger partial charge in [-0.15, -0.1) is 0 Å². The summed E-state index contributed by atoms with van der Waals surface area (Å²) < 4.78 is 51.8. The Morgan fingerprint density at radius 1 is 0.922 bits per heavy atom. The zero-order chi connectivity index (χ0) is 38.0. The first kappa shape index (κ1) is 41.2. The normalized spacial score (nSPS) is 55.1. The highest BCUT2D eigenvalue weighted by Gasteiger charge is 2.64. The molecule has 4 bridgehead atoms. The van der Waals surface area contributed by atoms with Crippen molar-refractivity contribution in [3.05, 3.63) is 0 Å². The van der Waals surface area contributed by atoms with E-state index >= 15 is 0 Å². The van der Waals surface area contributed by atoms with Crippen LogP contribution in [0, 0.1) is 23.7 Å². The number of aliphatic hydroxyl groups is 4. The fourth-order valence-electron chi connectivity index (χ4n) is 9.78. The Labute approximate surface area is 303 Å². The van der Waals surface area contributed by atoms with Gasteiger partial charge in [0.25, 0.3) is 5.97 Å². The third-order valence-electron chi connectivity index (χ3n) is 12.7. The molecule has 5 aliphatic heterocycles. The van der Waals surface area contributed by atoms with Crippen LogP contribution in [-0.4, -0.2) is 130 Å². The van der Waals surface area contributed by atoms with Crippen molar-refractivity contribution < 1.29 is 63.1 Å². The lowest BCUT2D eigenvalue weighted by Crippen LogP contribution is -2.69. The molecule has 5 unspecified atom stereocenters. The van der Waals surface area contributed by atoms with Crippen LogP contribution in [0.15, 0.2) is 0 Å². The van der Waals surface area contributed by atoms with Crippen LogP contribution in [0.25, 0.3) is 0 Å². The van der Waals surface area contributed by atoms with Crippen molar-refractivity contribution in [3.8, 4) is 0 Å². The van der Waals surface area contributed by atoms with Crippen LogP contribution in [0.1, 0.15) is 102 Å². The van der Waals surface area contributed by atoms with Crippen LogP contribution in [0.5, 0.6) is 0 Å². The van der Waals surface area contributed by atoms with Gasteiger partial charge in [-0.2, -0.15) is 0 Å². The third-order valence-corrected chi connectivity index (χ3v) is 12.7. The van der Waals surface area contributed by atoms with Crippen LogP contribution >= 0.6 is 0 Å². The number of ether oxygens (including phenoxy) is 8. The van der Waals surface area contributed by atoms with Gasteiger partial charge in [0.1, 0.15) is 17.8 Å². The number of hydrogen-bond acceptors (Lipinski definition) is 13. The standard InChI is InChI=1S/C37H65NO13/c1-13-25-36(11,42)32-19(4)28-17(2)15-35(10,50-28)31(48-33-27(40)24(38-23(8)39)14-18(3)45-33)20(5)29(21(6)37(43,49-25)51-32)47-26-16-34(9,44-12)30(41)22(7)46-26/h17-22,24-33,40-43H,13-16H2,1-12H3,(H,38,39)/t17-,18+,19-,20-,21+,22?,24?,25+,26-,27?,28?,29-,30-,31+,32+,33-,34?,35-,36+,37-/m0/s1. The maximum atomic E-state index is 12.5. The minimum atomic E-state index is -2.21. The van der Waals surface area contributed by atoms with Gasteiger partial charge < -0.3 is 63.6 Å². The number of methoxy groups -OCH3 is 1. The summed E-state index contributed by atoms with van der Waals surface area (Å²) in [6.45, 7) is 20.1. The largest absolute Gasteiger partial charge is 0.387 e. The molecule has 14 heteroatoms. The molecule has 0 radical (unpaired) electrons. The zero-order valence-corrected chi connectivity index (χ0v) is 32.5. The second-order valence-corrected chi connectivity index (χ2v) is 16.9. The number of aliphatic hydroxyl groups excluding tert-OH is 2. The van der Waals surface area contributed by atoms with Crippen molar-refractivity contribution in [1.82, 2.24) is 5.32 Å². The van der Waals surface area contributed by atoms with Crippen LogP contribution in [0.2, 0.25) is 0 Å². The van der Waals surface area contributed by atoms with Crippen LogP contribution in [-0.2, 0) is 42.7 Å². The minimum Gasteiger partial charge on any atom is -0.387 e. The van der Waals surface area contributed by atoms with Crippen LogP contribution in [0.3, 0.4) is 0 Å². The molecule has 5 fully saturated rings. The molecule has 5 rings (SSSR count). The average molecular weight is 732 g/mol. The van der Waals surface area contributed by atoms with Crippen molar-refractivity contribution in [2.45, 2.75) is 198 Å². The lowest BCUT2D eigenvalue weighted by atomic mass is 9.74. The van der Waals surface area contributed by atoms with E-state index in [-0.39, 0.29) is 24.3 Å². The van der Waals surface area contributed by atoms with E-state index < -0.39 is 108 Å². The van der Waals surface area contributed by atoms with Gasteiger partial charge in [0.05, 0.1) is 65.9 Å². The Morgan fingerprint density at radius 3 is 2.20 bits per heavy atom. The molecule has 0 aliphatic carbocycles. The van der Waals surface area contributed by atoms with E-state index in [4.69, 9.17) is 37.9 Å². The molecular weight excluding hydrogens is 666 g/mol. The molecule has 5 heterocycles. The second-order valence-electron chi connectivity index (χ2n) is 16.9. The molecule has 0 spiro atoms. The molecule has 20 atom stereocenters. The van der Waals surface area contributed by atoms with Crippen molar-refractivity contribution >= 4 is 5.91 Å². The van der Waals surface area contributed by atoms with Gasteiger partial charge in [0.2, 0.25) is 5.91 Å². The summed E-state index contributed by atoms with van der Waals surface area (Å²) >= 11 is 0. The van der Waals surface area contributed by atoms with Gasteiger partial charge in [-0.3, -0.25) is 4.79 Å². The molecule has 5 aliphatic rings. The van der Waals surface area contributed by atoms with Gasteiger partial charge in [-0.1, -0.05) is 34.6 Å². The topological polar surface area (TPSA) is 184 Å². The molecule has 0 aromatic carbocycles. The molecule has 296 valence electrons. The lowest BCUT2D eigenvalue weighted by Gasteiger charge is -2.55. The van der Waals surface area contributed by atoms with E-state index in [1.54, 1.807) is 27.7 Å². The second kappa shape index (κ2) is 14.9. The number of carbonyl (C=O) groups excluding carboxylic acids is 1. The molecule has 0 aromatic heterocycles. The molecule has 0 saturated carbocycles. The maximum Gasteiger partial charge on any atom is 0.286 e. The van der Waals surface area contributed by atoms with Crippen LogP contribution < -0.4 is 5.32 Å². The predicted octanol–water partition coefficient (Wildman–Crippen LogP) is 2.35. The average Bonchev–Trinajstić information content (AvgIpc) is 3.36. The summed E-state index contributed by atoms with van der Waals surface area (Å²) in [4.78, 5) is 12.1. The fraction of sp³-hybridized carbons (Fsp3) is 0.973. The third kappa shape index (κ3) is 7.64. The first-order valence-corrected chi connectivity index (χ1v) is 18.9. The van der Waals surface area contributed by atoms with Gasteiger partial charge >= 0.3 is 0 Å². The smallest absolute Gasteiger partial charge is 0.286 e. The maximum absolute atomic E-state index is 12.5. The lowest BCUT2D eigenvalue weighted by molar-refractivity contribution is -0.481. The quantitative estimate of drug-likeness (QED) is 0.258. The van der Waals surface area contributed by atoms with Crippen LogP contribution in [0.4, 0.5) is 0 Å². The zero-order valence-electron chi connectivity index (χ0n) is 32.5. The van der Waals surface area contributed by atoms with Crippen molar-refractivity contribution in [2.75, 3.05) is 7.11 Å². The Bertz CT molecular complexity index is 1220. The van der Waals surface area contributed by atoms with E-state index in [1.165, 1.54) is 14.0 Å². The molecule has 14 nitrogen and oxygen atoms in total. The molecule has 1 amide bonds. The highest BCUT2D eigenvalue weighted by molar-refractivity contribution is 5.73.